The van der Waals surface area contributed by atoms with Crippen LogP contribution in [0.1, 0.15) is 26.3 Å². The Morgan fingerprint density at radius 1 is 1.19 bits per heavy atom. The normalized spacial score (nSPS) is 18.3. The van der Waals surface area contributed by atoms with E-state index in [0.717, 1.165) is 5.56 Å². The molecular weight excluding hydrogens is 336 g/mol. The molecule has 26 heavy (non-hydrogen) atoms. The summed E-state index contributed by atoms with van der Waals surface area (Å²) >= 11 is 0. The molecule has 0 saturated carbocycles. The Morgan fingerprint density at radius 3 is 2.50 bits per heavy atom. The van der Waals surface area contributed by atoms with Gasteiger partial charge in [-0.05, 0) is 26.3 Å². The summed E-state index contributed by atoms with van der Waals surface area (Å²) in [6.45, 7) is 6.71. The second-order valence-corrected chi connectivity index (χ2v) is 7.26. The molecule has 1 saturated heterocycles. The number of ether oxygens (including phenoxy) is 2. The molecule has 7 nitrogen and oxygen atoms in total. The molecule has 0 bridgehead atoms. The Balaban J connectivity index is 1.83. The third-order valence-electron chi connectivity index (χ3n) is 3.88. The van der Waals surface area contributed by atoms with Gasteiger partial charge in [0.2, 0.25) is 0 Å². The molecule has 142 valence electrons. The Labute approximate surface area is 153 Å². The lowest BCUT2D eigenvalue weighted by Crippen LogP contribution is -2.57. The van der Waals surface area contributed by atoms with Gasteiger partial charge in [0.15, 0.2) is 0 Å². The van der Waals surface area contributed by atoms with Gasteiger partial charge in [0.1, 0.15) is 24.5 Å². The third-order valence-corrected chi connectivity index (χ3v) is 3.88. The number of rotatable bonds is 5. The third kappa shape index (κ3) is 6.15. The van der Waals surface area contributed by atoms with E-state index in [0.29, 0.717) is 19.4 Å². The summed E-state index contributed by atoms with van der Waals surface area (Å²) in [6, 6.07) is 8.79. The zero-order valence-electron chi connectivity index (χ0n) is 15.5. The molecule has 0 aliphatic carbocycles. The number of esters is 1. The van der Waals surface area contributed by atoms with E-state index in [1.165, 1.54) is 4.90 Å². The quantitative estimate of drug-likeness (QED) is 0.588. The highest BCUT2D eigenvalue weighted by Gasteiger charge is 2.33. The van der Waals surface area contributed by atoms with Gasteiger partial charge >= 0.3 is 12.1 Å². The van der Waals surface area contributed by atoms with Gasteiger partial charge in [-0.1, -0.05) is 30.3 Å². The van der Waals surface area contributed by atoms with Crippen molar-refractivity contribution in [1.82, 2.24) is 9.80 Å². The number of piperazine rings is 1. The van der Waals surface area contributed by atoms with Gasteiger partial charge in [0.25, 0.3) is 0 Å². The van der Waals surface area contributed by atoms with Crippen LogP contribution in [0.15, 0.2) is 30.3 Å². The summed E-state index contributed by atoms with van der Waals surface area (Å²) in [7, 11) is 0. The first-order valence-corrected chi connectivity index (χ1v) is 8.65. The first-order valence-electron chi connectivity index (χ1n) is 8.65. The zero-order valence-corrected chi connectivity index (χ0v) is 15.5. The van der Waals surface area contributed by atoms with Crippen LogP contribution in [-0.4, -0.2) is 66.0 Å². The fraction of sp³-hybridized carbons (Fsp3) is 0.526. The maximum atomic E-state index is 12.2. The van der Waals surface area contributed by atoms with Crippen molar-refractivity contribution in [2.75, 3.05) is 26.2 Å². The van der Waals surface area contributed by atoms with Gasteiger partial charge in [-0.2, -0.15) is 0 Å². The lowest BCUT2D eigenvalue weighted by atomic mass is 10.2. The zero-order chi connectivity index (χ0) is 19.2. The lowest BCUT2D eigenvalue weighted by Gasteiger charge is -2.38. The number of hydrogen-bond donors (Lipinski definition) is 0. The monoisotopic (exact) mass is 362 g/mol. The summed E-state index contributed by atoms with van der Waals surface area (Å²) in [4.78, 5) is 38.8. The molecule has 0 radical (unpaired) electrons. The second-order valence-electron chi connectivity index (χ2n) is 7.26. The number of hydrogen-bond acceptors (Lipinski definition) is 6. The number of aldehydes is 1. The fourth-order valence-corrected chi connectivity index (χ4v) is 2.64. The number of carbonyl (C=O) groups is 3. The summed E-state index contributed by atoms with van der Waals surface area (Å²) in [6.07, 6.45) is 0.201. The SMILES string of the molecule is CC(C)(C)OC(=O)N1CCN(CC(=O)OCc2ccccc2)C[C@@H]1C=O. The van der Waals surface area contributed by atoms with Crippen LogP contribution in [0.25, 0.3) is 0 Å². The molecule has 2 rings (SSSR count). The summed E-state index contributed by atoms with van der Waals surface area (Å²) in [5, 5.41) is 0. The molecule has 1 heterocycles. The minimum atomic E-state index is -0.638. The molecule has 7 heteroatoms. The van der Waals surface area contributed by atoms with Gasteiger partial charge in [-0.3, -0.25) is 14.6 Å². The van der Waals surface area contributed by atoms with Crippen molar-refractivity contribution >= 4 is 18.3 Å². The molecule has 0 spiro atoms. The van der Waals surface area contributed by atoms with Crippen molar-refractivity contribution in [2.24, 2.45) is 0 Å². The predicted molar refractivity (Wildman–Crippen MR) is 95.5 cm³/mol. The summed E-state index contributed by atoms with van der Waals surface area (Å²) in [5.41, 5.74) is 0.296. The summed E-state index contributed by atoms with van der Waals surface area (Å²) < 4.78 is 10.6. The molecule has 1 aromatic carbocycles. The molecule has 1 aliphatic rings. The smallest absolute Gasteiger partial charge is 0.410 e. The standard InChI is InChI=1S/C19H26N2O5/c1-19(2,3)26-18(24)21-10-9-20(11-16(21)13-22)12-17(23)25-14-15-7-5-4-6-8-15/h4-8,13,16H,9-12,14H2,1-3H3/t16-/m1/s1. The van der Waals surface area contributed by atoms with Crippen LogP contribution >= 0.6 is 0 Å². The maximum absolute atomic E-state index is 12.2. The number of carbonyl (C=O) groups excluding carboxylic acids is 3. The first kappa shape index (κ1) is 19.9. The first-order chi connectivity index (χ1) is 12.3. The van der Waals surface area contributed by atoms with E-state index in [9.17, 15) is 14.4 Å². The predicted octanol–water partition coefficient (Wildman–Crippen LogP) is 1.85. The van der Waals surface area contributed by atoms with E-state index < -0.39 is 17.7 Å². The minimum Gasteiger partial charge on any atom is -0.460 e. The average Bonchev–Trinajstić information content (AvgIpc) is 2.59. The van der Waals surface area contributed by atoms with Crippen LogP contribution in [0.3, 0.4) is 0 Å². The van der Waals surface area contributed by atoms with Crippen molar-refractivity contribution in [3.8, 4) is 0 Å². The summed E-state index contributed by atoms with van der Waals surface area (Å²) in [5.74, 6) is -0.357. The number of amides is 1. The van der Waals surface area contributed by atoms with Crippen molar-refractivity contribution in [2.45, 2.75) is 39.0 Å². The highest BCUT2D eigenvalue weighted by molar-refractivity contribution is 5.75. The van der Waals surface area contributed by atoms with E-state index >= 15 is 0 Å². The van der Waals surface area contributed by atoms with Crippen molar-refractivity contribution < 1.29 is 23.9 Å². The second kappa shape index (κ2) is 8.80. The van der Waals surface area contributed by atoms with Gasteiger partial charge in [0, 0.05) is 19.6 Å². The molecule has 1 aliphatic heterocycles. The van der Waals surface area contributed by atoms with Crippen molar-refractivity contribution in [3.63, 3.8) is 0 Å². The Bertz CT molecular complexity index is 627. The van der Waals surface area contributed by atoms with Crippen LogP contribution < -0.4 is 0 Å². The van der Waals surface area contributed by atoms with Gasteiger partial charge in [-0.15, -0.1) is 0 Å². The van der Waals surface area contributed by atoms with E-state index in [-0.39, 0.29) is 25.7 Å². The van der Waals surface area contributed by atoms with Crippen LogP contribution in [0.4, 0.5) is 4.79 Å². The van der Waals surface area contributed by atoms with Crippen molar-refractivity contribution in [1.29, 1.82) is 0 Å². The fourth-order valence-electron chi connectivity index (χ4n) is 2.64. The molecule has 1 fully saturated rings. The van der Waals surface area contributed by atoms with E-state index in [1.54, 1.807) is 20.8 Å². The lowest BCUT2D eigenvalue weighted by molar-refractivity contribution is -0.147. The minimum absolute atomic E-state index is 0.0827. The Hall–Kier alpha value is -2.41. The van der Waals surface area contributed by atoms with E-state index in [4.69, 9.17) is 9.47 Å². The van der Waals surface area contributed by atoms with E-state index in [1.807, 2.05) is 35.2 Å². The highest BCUT2D eigenvalue weighted by atomic mass is 16.6. The average molecular weight is 362 g/mol. The van der Waals surface area contributed by atoms with Crippen LogP contribution in [0.2, 0.25) is 0 Å². The molecule has 1 atom stereocenters. The molecule has 0 unspecified atom stereocenters. The van der Waals surface area contributed by atoms with E-state index in [2.05, 4.69) is 0 Å². The molecule has 0 aromatic heterocycles. The molecule has 0 N–H and O–H groups in total. The van der Waals surface area contributed by atoms with Crippen LogP contribution in [-0.2, 0) is 25.7 Å². The number of benzene rings is 1. The molecular formula is C19H26N2O5. The topological polar surface area (TPSA) is 76.2 Å². The largest absolute Gasteiger partial charge is 0.460 e. The number of nitrogens with zero attached hydrogens (tertiary/aromatic N) is 2. The molecule has 1 amide bonds. The van der Waals surface area contributed by atoms with Gasteiger partial charge in [-0.25, -0.2) is 4.79 Å². The van der Waals surface area contributed by atoms with Crippen LogP contribution in [0.5, 0.6) is 0 Å². The van der Waals surface area contributed by atoms with Gasteiger partial charge in [0.05, 0.1) is 6.54 Å². The van der Waals surface area contributed by atoms with Crippen molar-refractivity contribution in [3.05, 3.63) is 35.9 Å². The highest BCUT2D eigenvalue weighted by Crippen LogP contribution is 2.15. The Morgan fingerprint density at radius 2 is 1.88 bits per heavy atom. The van der Waals surface area contributed by atoms with Crippen LogP contribution in [0, 0.1) is 0 Å². The van der Waals surface area contributed by atoms with Gasteiger partial charge < -0.3 is 14.3 Å². The molecule has 1 aromatic rings. The Kier molecular flexibility index (Phi) is 6.74. The maximum Gasteiger partial charge on any atom is 0.410 e.